The first kappa shape index (κ1) is 15.7. The van der Waals surface area contributed by atoms with Gasteiger partial charge in [-0.3, -0.25) is 4.79 Å². The highest BCUT2D eigenvalue weighted by Crippen LogP contribution is 2.25. The van der Waals surface area contributed by atoms with Crippen LogP contribution >= 0.6 is 0 Å². The molecule has 1 aromatic carbocycles. The molecule has 1 saturated heterocycles. The van der Waals surface area contributed by atoms with Crippen LogP contribution in [0.2, 0.25) is 0 Å². The number of amides is 1. The first-order valence-corrected chi connectivity index (χ1v) is 8.70. The van der Waals surface area contributed by atoms with Crippen molar-refractivity contribution >= 4 is 17.1 Å². The standard InChI is InChI=1S/C19H21N5O/c1-14-5-2-3-6-15(14)13-18(25)23-11-8-16(9-12-23)24-17-7-4-10-20-19(17)21-22-24/h2-7,10,16H,8-9,11-13H2,1H3. The Balaban J connectivity index is 1.41. The van der Waals surface area contributed by atoms with E-state index in [0.717, 1.165) is 37.0 Å². The fourth-order valence-corrected chi connectivity index (χ4v) is 3.50. The minimum Gasteiger partial charge on any atom is -0.342 e. The predicted molar refractivity (Wildman–Crippen MR) is 95.1 cm³/mol. The molecule has 0 unspecified atom stereocenters. The average Bonchev–Trinajstić information content (AvgIpc) is 3.08. The number of hydrogen-bond donors (Lipinski definition) is 0. The molecule has 25 heavy (non-hydrogen) atoms. The summed E-state index contributed by atoms with van der Waals surface area (Å²) >= 11 is 0. The number of carbonyl (C=O) groups excluding carboxylic acids is 1. The van der Waals surface area contributed by atoms with Crippen LogP contribution in [-0.2, 0) is 11.2 Å². The highest BCUT2D eigenvalue weighted by atomic mass is 16.2. The maximum atomic E-state index is 12.6. The van der Waals surface area contributed by atoms with Crippen LogP contribution in [0.1, 0.15) is 30.0 Å². The second kappa shape index (κ2) is 6.63. The topological polar surface area (TPSA) is 63.9 Å². The molecule has 0 spiro atoms. The largest absolute Gasteiger partial charge is 0.342 e. The summed E-state index contributed by atoms with van der Waals surface area (Å²) in [7, 11) is 0. The monoisotopic (exact) mass is 335 g/mol. The number of aromatic nitrogens is 4. The molecular weight excluding hydrogens is 314 g/mol. The van der Waals surface area contributed by atoms with Gasteiger partial charge in [0.2, 0.25) is 11.6 Å². The van der Waals surface area contributed by atoms with Gasteiger partial charge in [0.15, 0.2) is 0 Å². The number of hydrogen-bond acceptors (Lipinski definition) is 4. The summed E-state index contributed by atoms with van der Waals surface area (Å²) in [5.41, 5.74) is 3.93. The molecule has 128 valence electrons. The Bertz CT molecular complexity index is 895. The molecule has 6 nitrogen and oxygen atoms in total. The van der Waals surface area contributed by atoms with Gasteiger partial charge in [0.05, 0.1) is 12.5 Å². The summed E-state index contributed by atoms with van der Waals surface area (Å²) in [5.74, 6) is 0.206. The lowest BCUT2D eigenvalue weighted by Crippen LogP contribution is -2.40. The molecule has 0 radical (unpaired) electrons. The van der Waals surface area contributed by atoms with Crippen molar-refractivity contribution in [2.75, 3.05) is 13.1 Å². The van der Waals surface area contributed by atoms with Crippen molar-refractivity contribution in [2.45, 2.75) is 32.2 Å². The van der Waals surface area contributed by atoms with Crippen LogP contribution in [0.15, 0.2) is 42.6 Å². The summed E-state index contributed by atoms with van der Waals surface area (Å²) in [6.45, 7) is 3.58. The lowest BCUT2D eigenvalue weighted by molar-refractivity contribution is -0.131. The Labute approximate surface area is 146 Å². The van der Waals surface area contributed by atoms with Crippen molar-refractivity contribution in [1.29, 1.82) is 0 Å². The Kier molecular flexibility index (Phi) is 4.17. The number of nitrogens with zero attached hydrogens (tertiary/aromatic N) is 5. The zero-order valence-corrected chi connectivity index (χ0v) is 14.3. The van der Waals surface area contributed by atoms with E-state index in [-0.39, 0.29) is 11.9 Å². The van der Waals surface area contributed by atoms with Gasteiger partial charge in [-0.25, -0.2) is 9.67 Å². The lowest BCUT2D eigenvalue weighted by atomic mass is 10.0. The molecular formula is C19H21N5O. The van der Waals surface area contributed by atoms with Crippen molar-refractivity contribution in [3.63, 3.8) is 0 Å². The molecule has 0 saturated carbocycles. The van der Waals surface area contributed by atoms with Crippen LogP contribution in [-0.4, -0.2) is 43.9 Å². The number of pyridine rings is 1. The molecule has 1 aliphatic rings. The number of piperidine rings is 1. The quantitative estimate of drug-likeness (QED) is 0.738. The van der Waals surface area contributed by atoms with E-state index >= 15 is 0 Å². The summed E-state index contributed by atoms with van der Waals surface area (Å²) < 4.78 is 1.96. The third kappa shape index (κ3) is 3.12. The molecule has 0 aliphatic carbocycles. The van der Waals surface area contributed by atoms with Gasteiger partial charge in [-0.2, -0.15) is 0 Å². The predicted octanol–water partition coefficient (Wildman–Crippen LogP) is 2.54. The van der Waals surface area contributed by atoms with Gasteiger partial charge in [-0.15, -0.1) is 5.10 Å². The number of carbonyl (C=O) groups is 1. The zero-order chi connectivity index (χ0) is 17.2. The Morgan fingerprint density at radius 3 is 2.76 bits per heavy atom. The van der Waals surface area contributed by atoms with Gasteiger partial charge in [0.25, 0.3) is 0 Å². The Morgan fingerprint density at radius 1 is 1.16 bits per heavy atom. The van der Waals surface area contributed by atoms with Gasteiger partial charge in [-0.05, 0) is 43.0 Å². The Hall–Kier alpha value is -2.76. The number of rotatable bonds is 3. The van der Waals surface area contributed by atoms with E-state index in [4.69, 9.17) is 0 Å². The number of aryl methyl sites for hydroxylation is 1. The highest BCUT2D eigenvalue weighted by molar-refractivity contribution is 5.79. The second-order valence-corrected chi connectivity index (χ2v) is 6.60. The molecule has 0 atom stereocenters. The van der Waals surface area contributed by atoms with E-state index in [2.05, 4.69) is 28.3 Å². The molecule has 2 aromatic heterocycles. The van der Waals surface area contributed by atoms with Crippen LogP contribution in [0, 0.1) is 6.92 Å². The summed E-state index contributed by atoms with van der Waals surface area (Å²) in [5, 5.41) is 8.40. The van der Waals surface area contributed by atoms with E-state index < -0.39 is 0 Å². The van der Waals surface area contributed by atoms with Gasteiger partial charge in [0.1, 0.15) is 5.52 Å². The van der Waals surface area contributed by atoms with Crippen molar-refractivity contribution in [1.82, 2.24) is 24.9 Å². The maximum absolute atomic E-state index is 12.6. The Morgan fingerprint density at radius 2 is 1.96 bits per heavy atom. The number of benzene rings is 1. The van der Waals surface area contributed by atoms with Crippen LogP contribution < -0.4 is 0 Å². The molecule has 1 amide bonds. The first-order chi connectivity index (χ1) is 12.2. The first-order valence-electron chi connectivity index (χ1n) is 8.70. The fourth-order valence-electron chi connectivity index (χ4n) is 3.50. The highest BCUT2D eigenvalue weighted by Gasteiger charge is 2.25. The molecule has 3 heterocycles. The molecule has 1 aliphatic heterocycles. The van der Waals surface area contributed by atoms with Gasteiger partial charge in [0, 0.05) is 19.3 Å². The van der Waals surface area contributed by atoms with E-state index in [1.54, 1.807) is 6.20 Å². The van der Waals surface area contributed by atoms with Crippen LogP contribution in [0.4, 0.5) is 0 Å². The minimum atomic E-state index is 0.206. The van der Waals surface area contributed by atoms with E-state index in [1.165, 1.54) is 5.56 Å². The molecule has 1 fully saturated rings. The van der Waals surface area contributed by atoms with Crippen LogP contribution in [0.5, 0.6) is 0 Å². The molecule has 4 rings (SSSR count). The second-order valence-electron chi connectivity index (χ2n) is 6.60. The SMILES string of the molecule is Cc1ccccc1CC(=O)N1CCC(n2nnc3ncccc32)CC1. The van der Waals surface area contributed by atoms with Crippen molar-refractivity contribution in [2.24, 2.45) is 0 Å². The minimum absolute atomic E-state index is 0.206. The lowest BCUT2D eigenvalue weighted by Gasteiger charge is -2.32. The molecule has 6 heteroatoms. The number of fused-ring (bicyclic) bond motifs is 1. The van der Waals surface area contributed by atoms with E-state index in [9.17, 15) is 4.79 Å². The van der Waals surface area contributed by atoms with Gasteiger partial charge in [-0.1, -0.05) is 29.5 Å². The maximum Gasteiger partial charge on any atom is 0.227 e. The molecule has 0 N–H and O–H groups in total. The van der Waals surface area contributed by atoms with Gasteiger partial charge < -0.3 is 4.90 Å². The summed E-state index contributed by atoms with van der Waals surface area (Å²) in [4.78, 5) is 18.8. The third-order valence-corrected chi connectivity index (χ3v) is 5.01. The molecule has 0 bridgehead atoms. The van der Waals surface area contributed by atoms with Crippen LogP contribution in [0.25, 0.3) is 11.2 Å². The molecule has 3 aromatic rings. The fraction of sp³-hybridized carbons (Fsp3) is 0.368. The third-order valence-electron chi connectivity index (χ3n) is 5.01. The van der Waals surface area contributed by atoms with E-state index in [0.29, 0.717) is 12.1 Å². The van der Waals surface area contributed by atoms with E-state index in [1.807, 2.05) is 39.9 Å². The van der Waals surface area contributed by atoms with Crippen molar-refractivity contribution in [3.8, 4) is 0 Å². The normalized spacial score (nSPS) is 15.6. The average molecular weight is 335 g/mol. The smallest absolute Gasteiger partial charge is 0.227 e. The number of likely N-dealkylation sites (tertiary alicyclic amines) is 1. The summed E-state index contributed by atoms with van der Waals surface area (Å²) in [6.07, 6.45) is 4.00. The van der Waals surface area contributed by atoms with Crippen LogP contribution in [0.3, 0.4) is 0 Å². The van der Waals surface area contributed by atoms with Gasteiger partial charge >= 0.3 is 0 Å². The van der Waals surface area contributed by atoms with Crippen molar-refractivity contribution < 1.29 is 4.79 Å². The summed E-state index contributed by atoms with van der Waals surface area (Å²) in [6, 6.07) is 12.3. The zero-order valence-electron chi connectivity index (χ0n) is 14.3. The van der Waals surface area contributed by atoms with Crippen molar-refractivity contribution in [3.05, 3.63) is 53.7 Å².